The summed E-state index contributed by atoms with van der Waals surface area (Å²) in [7, 11) is 0. The third-order valence-electron chi connectivity index (χ3n) is 4.79. The predicted octanol–water partition coefficient (Wildman–Crippen LogP) is 3.26. The lowest BCUT2D eigenvalue weighted by Gasteiger charge is -2.32. The third-order valence-corrected chi connectivity index (χ3v) is 5.55. The van der Waals surface area contributed by atoms with Crippen LogP contribution in [-0.2, 0) is 9.59 Å². The maximum Gasteiger partial charge on any atom is 0.240 e. The van der Waals surface area contributed by atoms with Crippen LogP contribution in [0.25, 0.3) is 11.3 Å². The lowest BCUT2D eigenvalue weighted by Crippen LogP contribution is -2.47. The Hall–Kier alpha value is -2.39. The number of carbonyl (C=O) groups is 2. The Bertz CT molecular complexity index is 879. The van der Waals surface area contributed by atoms with E-state index < -0.39 is 11.6 Å². The molecular weight excluding hydrogens is 398 g/mol. The number of rotatable bonds is 6. The standard InChI is InChI=1S/C20H24F2N4O2S/c1-12(2)19(28)23-14-5-7-26(8-6-14)10-18(27)25-20-24-17(11-29-20)13-3-4-15(21)16(22)9-13/h3-4,9,11-12,14H,5-8,10H2,1-2H3,(H,23,28)(H,24,25,27). The fourth-order valence-electron chi connectivity index (χ4n) is 3.08. The zero-order chi connectivity index (χ0) is 21.0. The molecule has 1 aromatic carbocycles. The molecular formula is C20H24F2N4O2S. The molecule has 1 aliphatic heterocycles. The molecule has 0 radical (unpaired) electrons. The molecule has 0 atom stereocenters. The van der Waals surface area contributed by atoms with Gasteiger partial charge in [0.05, 0.1) is 12.2 Å². The van der Waals surface area contributed by atoms with E-state index in [4.69, 9.17) is 0 Å². The van der Waals surface area contributed by atoms with Gasteiger partial charge in [0.15, 0.2) is 16.8 Å². The molecule has 2 aromatic rings. The lowest BCUT2D eigenvalue weighted by atomic mass is 10.0. The quantitative estimate of drug-likeness (QED) is 0.749. The highest BCUT2D eigenvalue weighted by Crippen LogP contribution is 2.26. The Morgan fingerprint density at radius 1 is 1.24 bits per heavy atom. The van der Waals surface area contributed by atoms with Crippen molar-refractivity contribution in [3.63, 3.8) is 0 Å². The first-order valence-electron chi connectivity index (χ1n) is 9.55. The molecule has 156 valence electrons. The van der Waals surface area contributed by atoms with Crippen LogP contribution in [0.4, 0.5) is 13.9 Å². The number of aromatic nitrogens is 1. The summed E-state index contributed by atoms with van der Waals surface area (Å²) < 4.78 is 26.4. The fourth-order valence-corrected chi connectivity index (χ4v) is 3.82. The summed E-state index contributed by atoms with van der Waals surface area (Å²) in [5, 5.41) is 7.88. The van der Waals surface area contributed by atoms with Crippen LogP contribution in [0, 0.1) is 17.6 Å². The molecule has 0 unspecified atom stereocenters. The van der Waals surface area contributed by atoms with Crippen molar-refractivity contribution < 1.29 is 18.4 Å². The molecule has 1 saturated heterocycles. The smallest absolute Gasteiger partial charge is 0.240 e. The van der Waals surface area contributed by atoms with E-state index in [1.165, 1.54) is 17.4 Å². The molecule has 0 bridgehead atoms. The number of hydrogen-bond acceptors (Lipinski definition) is 5. The molecule has 1 aliphatic rings. The molecule has 0 spiro atoms. The second-order valence-corrected chi connectivity index (χ2v) is 8.29. The van der Waals surface area contributed by atoms with Crippen LogP contribution in [0.3, 0.4) is 0 Å². The van der Waals surface area contributed by atoms with E-state index in [1.807, 2.05) is 18.7 Å². The number of benzene rings is 1. The van der Waals surface area contributed by atoms with Gasteiger partial charge in [-0.05, 0) is 31.0 Å². The van der Waals surface area contributed by atoms with Gasteiger partial charge >= 0.3 is 0 Å². The van der Waals surface area contributed by atoms with Crippen LogP contribution in [0.1, 0.15) is 26.7 Å². The highest BCUT2D eigenvalue weighted by molar-refractivity contribution is 7.14. The predicted molar refractivity (Wildman–Crippen MR) is 109 cm³/mol. The molecule has 29 heavy (non-hydrogen) atoms. The van der Waals surface area contributed by atoms with Crippen LogP contribution in [-0.4, -0.2) is 47.4 Å². The molecule has 9 heteroatoms. The first-order chi connectivity index (χ1) is 13.8. The van der Waals surface area contributed by atoms with Crippen molar-refractivity contribution in [2.45, 2.75) is 32.7 Å². The normalized spacial score (nSPS) is 15.5. The monoisotopic (exact) mass is 422 g/mol. The number of thiazole rings is 1. The van der Waals surface area contributed by atoms with Gasteiger partial charge in [0.25, 0.3) is 0 Å². The second-order valence-electron chi connectivity index (χ2n) is 7.43. The zero-order valence-electron chi connectivity index (χ0n) is 16.4. The molecule has 6 nitrogen and oxygen atoms in total. The summed E-state index contributed by atoms with van der Waals surface area (Å²) in [6.45, 7) is 5.44. The van der Waals surface area contributed by atoms with Gasteiger partial charge in [-0.3, -0.25) is 14.5 Å². The third kappa shape index (κ3) is 5.80. The van der Waals surface area contributed by atoms with Crippen LogP contribution in [0.15, 0.2) is 23.6 Å². The first-order valence-corrected chi connectivity index (χ1v) is 10.4. The number of amides is 2. The largest absolute Gasteiger partial charge is 0.353 e. The topological polar surface area (TPSA) is 74.3 Å². The van der Waals surface area contributed by atoms with Gasteiger partial charge in [-0.25, -0.2) is 13.8 Å². The van der Waals surface area contributed by atoms with Gasteiger partial charge in [0.1, 0.15) is 0 Å². The van der Waals surface area contributed by atoms with E-state index in [0.717, 1.165) is 38.1 Å². The minimum Gasteiger partial charge on any atom is -0.353 e. The minimum atomic E-state index is -0.936. The summed E-state index contributed by atoms with van der Waals surface area (Å²) >= 11 is 1.23. The van der Waals surface area contributed by atoms with Crippen molar-refractivity contribution >= 4 is 28.3 Å². The highest BCUT2D eigenvalue weighted by atomic mass is 32.1. The molecule has 1 aromatic heterocycles. The Kier molecular flexibility index (Phi) is 6.92. The average Bonchev–Trinajstić information content (AvgIpc) is 3.13. The minimum absolute atomic E-state index is 0.0339. The van der Waals surface area contributed by atoms with Gasteiger partial charge in [-0.2, -0.15) is 0 Å². The van der Waals surface area contributed by atoms with E-state index in [9.17, 15) is 18.4 Å². The van der Waals surface area contributed by atoms with Crippen LogP contribution < -0.4 is 10.6 Å². The second kappa shape index (κ2) is 9.41. The maximum atomic E-state index is 13.4. The zero-order valence-corrected chi connectivity index (χ0v) is 17.2. The van der Waals surface area contributed by atoms with Crippen molar-refractivity contribution in [2.24, 2.45) is 5.92 Å². The van der Waals surface area contributed by atoms with Gasteiger partial charge in [-0.15, -0.1) is 11.3 Å². The van der Waals surface area contributed by atoms with Gasteiger partial charge in [0.2, 0.25) is 11.8 Å². The van der Waals surface area contributed by atoms with Crippen molar-refractivity contribution in [3.8, 4) is 11.3 Å². The number of nitrogens with one attached hydrogen (secondary N) is 2. The number of anilines is 1. The SMILES string of the molecule is CC(C)C(=O)NC1CCN(CC(=O)Nc2nc(-c3ccc(F)c(F)c3)cs2)CC1. The van der Waals surface area contributed by atoms with Crippen molar-refractivity contribution in [2.75, 3.05) is 25.0 Å². The van der Waals surface area contributed by atoms with Crippen LogP contribution in [0.5, 0.6) is 0 Å². The maximum absolute atomic E-state index is 13.4. The van der Waals surface area contributed by atoms with E-state index in [0.29, 0.717) is 16.4 Å². The molecule has 2 amide bonds. The van der Waals surface area contributed by atoms with E-state index in [2.05, 4.69) is 15.6 Å². The van der Waals surface area contributed by atoms with E-state index in [1.54, 1.807) is 5.38 Å². The number of carbonyl (C=O) groups excluding carboxylic acids is 2. The number of hydrogen-bond donors (Lipinski definition) is 2. The number of likely N-dealkylation sites (tertiary alicyclic amines) is 1. The van der Waals surface area contributed by atoms with Crippen LogP contribution >= 0.6 is 11.3 Å². The molecule has 2 heterocycles. The highest BCUT2D eigenvalue weighted by Gasteiger charge is 2.23. The van der Waals surface area contributed by atoms with Crippen molar-refractivity contribution in [3.05, 3.63) is 35.2 Å². The molecule has 2 N–H and O–H groups in total. The number of halogens is 2. The average molecular weight is 423 g/mol. The first kappa shape index (κ1) is 21.3. The summed E-state index contributed by atoms with van der Waals surface area (Å²) in [6, 6.07) is 3.73. The van der Waals surface area contributed by atoms with Crippen LogP contribution in [0.2, 0.25) is 0 Å². The summed E-state index contributed by atoms with van der Waals surface area (Å²) in [4.78, 5) is 30.4. The summed E-state index contributed by atoms with van der Waals surface area (Å²) in [5.74, 6) is -2.00. The van der Waals surface area contributed by atoms with Gasteiger partial charge in [0, 0.05) is 36.0 Å². The molecule has 3 rings (SSSR count). The van der Waals surface area contributed by atoms with Crippen molar-refractivity contribution in [1.29, 1.82) is 0 Å². The Labute approximate surface area is 172 Å². The van der Waals surface area contributed by atoms with Crippen molar-refractivity contribution in [1.82, 2.24) is 15.2 Å². The summed E-state index contributed by atoms with van der Waals surface area (Å²) in [5.41, 5.74) is 0.928. The fraction of sp³-hybridized carbons (Fsp3) is 0.450. The van der Waals surface area contributed by atoms with Gasteiger partial charge in [-0.1, -0.05) is 13.8 Å². The number of piperidine rings is 1. The summed E-state index contributed by atoms with van der Waals surface area (Å²) in [6.07, 6.45) is 1.62. The molecule has 0 aliphatic carbocycles. The Morgan fingerprint density at radius 2 is 1.97 bits per heavy atom. The number of nitrogens with zero attached hydrogens (tertiary/aromatic N) is 2. The van der Waals surface area contributed by atoms with Gasteiger partial charge < -0.3 is 10.6 Å². The Balaban J connectivity index is 1.47. The Morgan fingerprint density at radius 3 is 2.62 bits per heavy atom. The van der Waals surface area contributed by atoms with E-state index in [-0.39, 0.29) is 30.3 Å². The molecule has 1 fully saturated rings. The van der Waals surface area contributed by atoms with E-state index >= 15 is 0 Å². The lowest BCUT2D eigenvalue weighted by molar-refractivity contribution is -0.125. The molecule has 0 saturated carbocycles.